The lowest BCUT2D eigenvalue weighted by molar-refractivity contribution is 0.00634. The van der Waals surface area contributed by atoms with Crippen molar-refractivity contribution in [3.05, 3.63) is 35.1 Å². The van der Waals surface area contributed by atoms with Gasteiger partial charge in [0, 0.05) is 6.61 Å². The number of hydrogen-bond donors (Lipinski definition) is 1. The van der Waals surface area contributed by atoms with Crippen molar-refractivity contribution in [2.45, 2.75) is 52.1 Å². The van der Waals surface area contributed by atoms with Crippen molar-refractivity contribution in [2.75, 3.05) is 6.61 Å². The molecule has 20 heavy (non-hydrogen) atoms. The highest BCUT2D eigenvalue weighted by Gasteiger charge is 2.23. The number of carbonyl (C=O) groups is 1. The van der Waals surface area contributed by atoms with Crippen LogP contribution in [0.1, 0.15) is 56.0 Å². The average Bonchev–Trinajstić information content (AvgIpc) is 2.32. The van der Waals surface area contributed by atoms with Gasteiger partial charge < -0.3 is 9.84 Å². The summed E-state index contributed by atoms with van der Waals surface area (Å²) in [5.41, 5.74) is 0.0525. The van der Waals surface area contributed by atoms with Crippen LogP contribution in [-0.2, 0) is 11.2 Å². The summed E-state index contributed by atoms with van der Waals surface area (Å²) < 4.78 is 19.2. The van der Waals surface area contributed by atoms with Crippen molar-refractivity contribution in [2.24, 2.45) is 0 Å². The van der Waals surface area contributed by atoms with Gasteiger partial charge in [0.25, 0.3) is 0 Å². The van der Waals surface area contributed by atoms with Crippen LogP contribution in [0.15, 0.2) is 18.2 Å². The summed E-state index contributed by atoms with van der Waals surface area (Å²) in [5.74, 6) is -1.16. The predicted octanol–water partition coefficient (Wildman–Crippen LogP) is 3.49. The van der Waals surface area contributed by atoms with Gasteiger partial charge in [0.1, 0.15) is 11.4 Å². The Morgan fingerprint density at radius 1 is 1.25 bits per heavy atom. The molecule has 0 aliphatic rings. The third-order valence-electron chi connectivity index (χ3n) is 2.81. The summed E-state index contributed by atoms with van der Waals surface area (Å²) in [6, 6.07) is 4.63. The zero-order valence-corrected chi connectivity index (χ0v) is 12.4. The molecule has 0 saturated carbocycles. The normalized spacial score (nSPS) is 11.4. The van der Waals surface area contributed by atoms with Crippen molar-refractivity contribution < 1.29 is 19.0 Å². The number of ether oxygens (including phenoxy) is 1. The van der Waals surface area contributed by atoms with Gasteiger partial charge in [-0.05, 0) is 51.7 Å². The first-order valence-corrected chi connectivity index (χ1v) is 6.97. The average molecular weight is 282 g/mol. The fourth-order valence-corrected chi connectivity index (χ4v) is 1.94. The maximum absolute atomic E-state index is 13.9. The van der Waals surface area contributed by atoms with E-state index in [-0.39, 0.29) is 12.2 Å². The van der Waals surface area contributed by atoms with Crippen LogP contribution in [0.3, 0.4) is 0 Å². The minimum atomic E-state index is -0.645. The molecule has 0 atom stereocenters. The van der Waals surface area contributed by atoms with Crippen LogP contribution >= 0.6 is 0 Å². The Bertz CT molecular complexity index is 450. The van der Waals surface area contributed by atoms with Crippen molar-refractivity contribution in [1.82, 2.24) is 0 Å². The van der Waals surface area contributed by atoms with E-state index in [9.17, 15) is 9.18 Å². The van der Waals surface area contributed by atoms with Crippen molar-refractivity contribution in [3.63, 3.8) is 0 Å². The smallest absolute Gasteiger partial charge is 0.341 e. The Labute approximate surface area is 119 Å². The molecule has 0 spiro atoms. The van der Waals surface area contributed by atoms with E-state index in [0.717, 1.165) is 19.3 Å². The third-order valence-corrected chi connectivity index (χ3v) is 2.81. The molecule has 112 valence electrons. The first kappa shape index (κ1) is 16.6. The van der Waals surface area contributed by atoms with E-state index in [1.807, 2.05) is 0 Å². The van der Waals surface area contributed by atoms with Crippen LogP contribution in [0, 0.1) is 5.82 Å². The molecule has 0 saturated heterocycles. The van der Waals surface area contributed by atoms with E-state index in [2.05, 4.69) is 0 Å². The molecule has 0 aliphatic heterocycles. The number of halogens is 1. The maximum atomic E-state index is 13.9. The zero-order valence-electron chi connectivity index (χ0n) is 12.4. The van der Waals surface area contributed by atoms with E-state index in [1.54, 1.807) is 32.9 Å². The van der Waals surface area contributed by atoms with Gasteiger partial charge in [-0.25, -0.2) is 9.18 Å². The molecule has 0 bridgehead atoms. The Kier molecular flexibility index (Phi) is 6.14. The highest BCUT2D eigenvalue weighted by atomic mass is 19.1. The second kappa shape index (κ2) is 7.39. The molecule has 3 nitrogen and oxygen atoms in total. The molecule has 0 amide bonds. The first-order chi connectivity index (χ1) is 9.35. The number of carbonyl (C=O) groups excluding carboxylic acids is 1. The molecule has 0 radical (unpaired) electrons. The molecule has 0 fully saturated rings. The largest absolute Gasteiger partial charge is 0.456 e. The maximum Gasteiger partial charge on any atom is 0.341 e. The molecule has 1 N–H and O–H groups in total. The van der Waals surface area contributed by atoms with Gasteiger partial charge in [-0.3, -0.25) is 0 Å². The van der Waals surface area contributed by atoms with Gasteiger partial charge >= 0.3 is 5.97 Å². The summed E-state index contributed by atoms with van der Waals surface area (Å²) in [7, 11) is 0. The molecular formula is C16H23FO3. The number of esters is 1. The number of aliphatic hydroxyl groups is 1. The summed E-state index contributed by atoms with van der Waals surface area (Å²) in [5, 5.41) is 8.74. The van der Waals surface area contributed by atoms with Gasteiger partial charge in [0.15, 0.2) is 0 Å². The molecule has 1 aromatic rings. The molecule has 4 heteroatoms. The number of unbranched alkanes of at least 4 members (excludes halogenated alkanes) is 2. The van der Waals surface area contributed by atoms with Gasteiger partial charge in [-0.15, -0.1) is 0 Å². The number of aryl methyl sites for hydroxylation is 1. The van der Waals surface area contributed by atoms with Crippen LogP contribution < -0.4 is 0 Å². The molecule has 1 aromatic carbocycles. The number of rotatable bonds is 6. The Hall–Kier alpha value is -1.42. The molecule has 0 aliphatic carbocycles. The van der Waals surface area contributed by atoms with E-state index >= 15 is 0 Å². The van der Waals surface area contributed by atoms with Crippen LogP contribution in [0.4, 0.5) is 4.39 Å². The predicted molar refractivity (Wildman–Crippen MR) is 76.2 cm³/mol. The molecule has 0 unspecified atom stereocenters. The minimum absolute atomic E-state index is 0.0337. The van der Waals surface area contributed by atoms with Crippen LogP contribution in [0.2, 0.25) is 0 Å². The summed E-state index contributed by atoms with van der Waals surface area (Å²) in [6.45, 7) is 5.42. The van der Waals surface area contributed by atoms with E-state index in [0.29, 0.717) is 12.0 Å². The Balaban J connectivity index is 2.85. The second-order valence-corrected chi connectivity index (χ2v) is 5.81. The fourth-order valence-electron chi connectivity index (χ4n) is 1.94. The number of benzene rings is 1. The van der Waals surface area contributed by atoms with Crippen LogP contribution in [-0.4, -0.2) is 23.3 Å². The molecule has 1 rings (SSSR count). The topological polar surface area (TPSA) is 46.5 Å². The summed E-state index contributed by atoms with van der Waals surface area (Å²) in [6.07, 6.45) is 2.98. The minimum Gasteiger partial charge on any atom is -0.456 e. The van der Waals surface area contributed by atoms with Gasteiger partial charge in [-0.1, -0.05) is 18.6 Å². The lowest BCUT2D eigenvalue weighted by Gasteiger charge is -2.20. The van der Waals surface area contributed by atoms with Crippen molar-refractivity contribution >= 4 is 5.97 Å². The zero-order chi connectivity index (χ0) is 15.2. The lowest BCUT2D eigenvalue weighted by atomic mass is 10.0. The first-order valence-electron chi connectivity index (χ1n) is 6.97. The quantitative estimate of drug-likeness (QED) is 0.642. The van der Waals surface area contributed by atoms with Gasteiger partial charge in [0.2, 0.25) is 0 Å². The number of hydrogen-bond acceptors (Lipinski definition) is 3. The molecule has 0 aromatic heterocycles. The van der Waals surface area contributed by atoms with E-state index in [4.69, 9.17) is 9.84 Å². The van der Waals surface area contributed by atoms with Crippen molar-refractivity contribution in [1.29, 1.82) is 0 Å². The van der Waals surface area contributed by atoms with E-state index < -0.39 is 17.4 Å². The SMILES string of the molecule is CC(C)(C)OC(=O)c1c(F)cccc1CCCCCO. The molecular weight excluding hydrogens is 259 g/mol. The second-order valence-electron chi connectivity index (χ2n) is 5.81. The molecule has 0 heterocycles. The Morgan fingerprint density at radius 2 is 1.95 bits per heavy atom. The summed E-state index contributed by atoms with van der Waals surface area (Å²) >= 11 is 0. The fraction of sp³-hybridized carbons (Fsp3) is 0.562. The third kappa shape index (κ3) is 5.29. The monoisotopic (exact) mass is 282 g/mol. The summed E-state index contributed by atoms with van der Waals surface area (Å²) in [4.78, 5) is 12.1. The van der Waals surface area contributed by atoms with Crippen LogP contribution in [0.5, 0.6) is 0 Å². The standard InChI is InChI=1S/C16H23FO3/c1-16(2,3)20-15(19)14-12(8-5-4-6-11-18)9-7-10-13(14)17/h7,9-10,18H,4-6,8,11H2,1-3H3. The highest BCUT2D eigenvalue weighted by molar-refractivity contribution is 5.91. The van der Waals surface area contributed by atoms with Crippen LogP contribution in [0.25, 0.3) is 0 Å². The van der Waals surface area contributed by atoms with Gasteiger partial charge in [-0.2, -0.15) is 0 Å². The van der Waals surface area contributed by atoms with Crippen molar-refractivity contribution in [3.8, 4) is 0 Å². The Morgan fingerprint density at radius 3 is 2.55 bits per heavy atom. The number of aliphatic hydroxyl groups excluding tert-OH is 1. The lowest BCUT2D eigenvalue weighted by Crippen LogP contribution is -2.25. The van der Waals surface area contributed by atoms with E-state index in [1.165, 1.54) is 6.07 Å². The highest BCUT2D eigenvalue weighted by Crippen LogP contribution is 2.20. The van der Waals surface area contributed by atoms with Gasteiger partial charge in [0.05, 0.1) is 5.56 Å².